The molecular formula is C13H19BrO. The molecule has 1 rings (SSSR count). The van der Waals surface area contributed by atoms with Gasteiger partial charge in [-0.1, -0.05) is 53.2 Å². The van der Waals surface area contributed by atoms with E-state index in [0.29, 0.717) is 0 Å². The lowest BCUT2D eigenvalue weighted by Gasteiger charge is -2.07. The molecule has 0 amide bonds. The van der Waals surface area contributed by atoms with Gasteiger partial charge in [0.2, 0.25) is 0 Å². The lowest BCUT2D eigenvalue weighted by atomic mass is 10.1. The van der Waals surface area contributed by atoms with Crippen molar-refractivity contribution in [1.29, 1.82) is 0 Å². The fourth-order valence-corrected chi connectivity index (χ4v) is 1.70. The molecule has 0 fully saturated rings. The van der Waals surface area contributed by atoms with E-state index < -0.39 is 0 Å². The predicted octanol–water partition coefficient (Wildman–Crippen LogP) is 4.01. The summed E-state index contributed by atoms with van der Waals surface area (Å²) in [6.07, 6.45) is 2.39. The van der Waals surface area contributed by atoms with Crippen molar-refractivity contribution < 1.29 is 4.74 Å². The van der Waals surface area contributed by atoms with Crippen LogP contribution in [0.5, 0.6) is 0 Å². The molecule has 0 N–H and O–H groups in total. The Balaban J connectivity index is 2.03. The van der Waals surface area contributed by atoms with E-state index in [1.807, 2.05) is 18.2 Å². The normalized spacial score (nSPS) is 12.7. The second kappa shape index (κ2) is 7.89. The largest absolute Gasteiger partial charge is 0.377 e. The average Bonchev–Trinajstić information content (AvgIpc) is 2.29. The highest BCUT2D eigenvalue weighted by Gasteiger charge is 1.99. The maximum Gasteiger partial charge on any atom is 0.0716 e. The Labute approximate surface area is 101 Å². The fourth-order valence-electron chi connectivity index (χ4n) is 1.38. The highest BCUT2D eigenvalue weighted by atomic mass is 79.9. The summed E-state index contributed by atoms with van der Waals surface area (Å²) >= 11 is 3.48. The smallest absolute Gasteiger partial charge is 0.0716 e. The van der Waals surface area contributed by atoms with Crippen molar-refractivity contribution in [3.63, 3.8) is 0 Å². The SMILES string of the molecule is C[C@H](CBr)CCCOCc1ccccc1. The van der Waals surface area contributed by atoms with Crippen molar-refractivity contribution in [3.05, 3.63) is 35.9 Å². The summed E-state index contributed by atoms with van der Waals surface area (Å²) in [5.74, 6) is 0.755. The van der Waals surface area contributed by atoms with Gasteiger partial charge >= 0.3 is 0 Å². The average molecular weight is 271 g/mol. The summed E-state index contributed by atoms with van der Waals surface area (Å²) in [6, 6.07) is 10.3. The van der Waals surface area contributed by atoms with E-state index in [9.17, 15) is 0 Å². The lowest BCUT2D eigenvalue weighted by Crippen LogP contribution is -2.00. The molecule has 1 aromatic rings. The first-order chi connectivity index (χ1) is 7.33. The van der Waals surface area contributed by atoms with Crippen LogP contribution >= 0.6 is 15.9 Å². The number of hydrogen-bond acceptors (Lipinski definition) is 1. The van der Waals surface area contributed by atoms with Crippen LogP contribution < -0.4 is 0 Å². The minimum atomic E-state index is 0.740. The molecule has 0 aromatic heterocycles. The topological polar surface area (TPSA) is 9.23 Å². The van der Waals surface area contributed by atoms with Crippen LogP contribution in [0.3, 0.4) is 0 Å². The van der Waals surface area contributed by atoms with Crippen molar-refractivity contribution in [2.24, 2.45) is 5.92 Å². The van der Waals surface area contributed by atoms with Crippen LogP contribution in [0.15, 0.2) is 30.3 Å². The Morgan fingerprint density at radius 1 is 1.27 bits per heavy atom. The quantitative estimate of drug-likeness (QED) is 0.537. The van der Waals surface area contributed by atoms with Gasteiger partial charge in [-0.2, -0.15) is 0 Å². The van der Waals surface area contributed by atoms with Gasteiger partial charge in [0.05, 0.1) is 6.61 Å². The van der Waals surface area contributed by atoms with Crippen molar-refractivity contribution >= 4 is 15.9 Å². The van der Waals surface area contributed by atoms with Gasteiger partial charge in [0, 0.05) is 11.9 Å². The zero-order chi connectivity index (χ0) is 10.9. The summed E-state index contributed by atoms with van der Waals surface area (Å²) < 4.78 is 5.60. The van der Waals surface area contributed by atoms with E-state index in [1.165, 1.54) is 12.0 Å². The number of benzene rings is 1. The van der Waals surface area contributed by atoms with Crippen LogP contribution in [0, 0.1) is 5.92 Å². The maximum atomic E-state index is 5.60. The molecule has 0 aliphatic rings. The molecule has 84 valence electrons. The standard InChI is InChI=1S/C13H19BrO/c1-12(10-14)6-5-9-15-11-13-7-3-2-4-8-13/h2-4,7-8,12H,5-6,9-11H2,1H3/t12-/m0/s1. The first-order valence-corrected chi connectivity index (χ1v) is 6.62. The number of ether oxygens (including phenoxy) is 1. The Bertz CT molecular complexity index is 248. The first-order valence-electron chi connectivity index (χ1n) is 5.50. The van der Waals surface area contributed by atoms with Crippen LogP contribution in [0.4, 0.5) is 0 Å². The van der Waals surface area contributed by atoms with Gasteiger partial charge < -0.3 is 4.74 Å². The molecule has 0 saturated heterocycles. The van der Waals surface area contributed by atoms with Crippen molar-refractivity contribution in [3.8, 4) is 0 Å². The molecule has 15 heavy (non-hydrogen) atoms. The maximum absolute atomic E-state index is 5.60. The third-order valence-corrected chi connectivity index (χ3v) is 3.47. The minimum Gasteiger partial charge on any atom is -0.377 e. The van der Waals surface area contributed by atoms with Crippen molar-refractivity contribution in [1.82, 2.24) is 0 Å². The molecule has 1 aromatic carbocycles. The van der Waals surface area contributed by atoms with E-state index >= 15 is 0 Å². The Morgan fingerprint density at radius 2 is 2.00 bits per heavy atom. The predicted molar refractivity (Wildman–Crippen MR) is 68.3 cm³/mol. The summed E-state index contributed by atoms with van der Waals surface area (Å²) in [7, 11) is 0. The number of hydrogen-bond donors (Lipinski definition) is 0. The molecule has 1 atom stereocenters. The number of alkyl halides is 1. The molecule has 0 bridgehead atoms. The van der Waals surface area contributed by atoms with Gasteiger partial charge in [-0.3, -0.25) is 0 Å². The molecule has 2 heteroatoms. The summed E-state index contributed by atoms with van der Waals surface area (Å²) in [6.45, 7) is 3.86. The molecule has 0 unspecified atom stereocenters. The molecule has 0 spiro atoms. The molecule has 0 heterocycles. The van der Waals surface area contributed by atoms with Gasteiger partial charge in [0.15, 0.2) is 0 Å². The second-order valence-corrected chi connectivity index (χ2v) is 4.59. The van der Waals surface area contributed by atoms with Crippen molar-refractivity contribution in [2.75, 3.05) is 11.9 Å². The molecule has 1 nitrogen and oxygen atoms in total. The van der Waals surface area contributed by atoms with Crippen LogP contribution in [-0.4, -0.2) is 11.9 Å². The molecule has 0 aliphatic heterocycles. The molecular weight excluding hydrogens is 252 g/mol. The monoisotopic (exact) mass is 270 g/mol. The zero-order valence-electron chi connectivity index (χ0n) is 9.29. The highest BCUT2D eigenvalue weighted by molar-refractivity contribution is 9.09. The molecule has 0 aliphatic carbocycles. The fraction of sp³-hybridized carbons (Fsp3) is 0.538. The molecule has 0 saturated carbocycles. The summed E-state index contributed by atoms with van der Waals surface area (Å²) in [5.41, 5.74) is 1.26. The van der Waals surface area contributed by atoms with Crippen LogP contribution in [0.1, 0.15) is 25.3 Å². The third-order valence-electron chi connectivity index (χ3n) is 2.36. The van der Waals surface area contributed by atoms with Crippen LogP contribution in [-0.2, 0) is 11.3 Å². The second-order valence-electron chi connectivity index (χ2n) is 3.94. The van der Waals surface area contributed by atoms with E-state index in [4.69, 9.17) is 4.74 Å². The summed E-state index contributed by atoms with van der Waals surface area (Å²) in [4.78, 5) is 0. The van der Waals surface area contributed by atoms with E-state index in [-0.39, 0.29) is 0 Å². The first kappa shape index (κ1) is 12.7. The number of halogens is 1. The van der Waals surface area contributed by atoms with Gasteiger partial charge in [-0.05, 0) is 24.3 Å². The number of rotatable bonds is 7. The van der Waals surface area contributed by atoms with E-state index in [2.05, 4.69) is 35.0 Å². The van der Waals surface area contributed by atoms with Gasteiger partial charge in [-0.25, -0.2) is 0 Å². The van der Waals surface area contributed by atoms with Gasteiger partial charge in [0.25, 0.3) is 0 Å². The molecule has 0 radical (unpaired) electrons. The van der Waals surface area contributed by atoms with Gasteiger partial charge in [0.1, 0.15) is 0 Å². The highest BCUT2D eigenvalue weighted by Crippen LogP contribution is 2.09. The minimum absolute atomic E-state index is 0.740. The van der Waals surface area contributed by atoms with Crippen molar-refractivity contribution in [2.45, 2.75) is 26.4 Å². The third kappa shape index (κ3) is 5.95. The zero-order valence-corrected chi connectivity index (χ0v) is 10.9. The lowest BCUT2D eigenvalue weighted by molar-refractivity contribution is 0.115. The van der Waals surface area contributed by atoms with Crippen LogP contribution in [0.2, 0.25) is 0 Å². The summed E-state index contributed by atoms with van der Waals surface area (Å²) in [5, 5.41) is 1.09. The van der Waals surface area contributed by atoms with E-state index in [1.54, 1.807) is 0 Å². The van der Waals surface area contributed by atoms with E-state index in [0.717, 1.165) is 30.9 Å². The Hall–Kier alpha value is -0.340. The van der Waals surface area contributed by atoms with Crippen LogP contribution in [0.25, 0.3) is 0 Å². The van der Waals surface area contributed by atoms with Gasteiger partial charge in [-0.15, -0.1) is 0 Å². The Morgan fingerprint density at radius 3 is 2.67 bits per heavy atom. The Kier molecular flexibility index (Phi) is 6.69.